The highest BCUT2D eigenvalue weighted by Crippen LogP contribution is 2.17. The van der Waals surface area contributed by atoms with Crippen molar-refractivity contribution in [1.82, 2.24) is 0 Å². The number of cyclic esters (lactones) is 2. The molecule has 0 aliphatic carbocycles. The summed E-state index contributed by atoms with van der Waals surface area (Å²) < 4.78 is 18.6. The fourth-order valence-electron chi connectivity index (χ4n) is 1.05. The molecule has 2 saturated heterocycles. The van der Waals surface area contributed by atoms with Gasteiger partial charge in [0.1, 0.15) is 0 Å². The molecule has 0 radical (unpaired) electrons. The monoisotopic (exact) mass is 174 g/mol. The minimum absolute atomic E-state index is 0.128. The molecular formula is C6H6O6. The van der Waals surface area contributed by atoms with Gasteiger partial charge in [0, 0.05) is 0 Å². The molecule has 0 aromatic carbocycles. The average molecular weight is 174 g/mol. The molecule has 2 heterocycles. The number of hydrogen-bond acceptors (Lipinski definition) is 6. The van der Waals surface area contributed by atoms with Gasteiger partial charge in [-0.3, -0.25) is 0 Å². The number of hydrogen-bond donors (Lipinski definition) is 0. The number of ether oxygens (including phenoxy) is 4. The molecule has 66 valence electrons. The molecule has 2 atom stereocenters. The maximum atomic E-state index is 10.9. The summed E-state index contributed by atoms with van der Waals surface area (Å²) in [6.45, 7) is -0.257. The van der Waals surface area contributed by atoms with Gasteiger partial charge < -0.3 is 18.9 Å². The molecule has 6 heteroatoms. The highest BCUT2D eigenvalue weighted by molar-refractivity contribution is 5.86. The molecule has 2 fully saturated rings. The minimum Gasteiger partial charge on any atom is -0.436 e. The van der Waals surface area contributed by atoms with Gasteiger partial charge in [0.05, 0.1) is 0 Å². The second-order valence-electron chi connectivity index (χ2n) is 2.34. The molecule has 0 amide bonds. The lowest BCUT2D eigenvalue weighted by atomic mass is 10.2. The highest BCUT2D eigenvalue weighted by Gasteiger charge is 2.44. The first-order chi connectivity index (χ1) is 5.79. The lowest BCUT2D eigenvalue weighted by Gasteiger charge is -2.07. The lowest BCUT2D eigenvalue weighted by molar-refractivity contribution is -0.147. The van der Waals surface area contributed by atoms with E-state index in [0.29, 0.717) is 0 Å². The van der Waals surface area contributed by atoms with Gasteiger partial charge in [-0.2, -0.15) is 0 Å². The summed E-state index contributed by atoms with van der Waals surface area (Å²) in [5.74, 6) is -1.17. The van der Waals surface area contributed by atoms with E-state index in [0.717, 1.165) is 0 Å². The first-order valence-corrected chi connectivity index (χ1v) is 3.35. The van der Waals surface area contributed by atoms with Gasteiger partial charge in [0.25, 0.3) is 0 Å². The summed E-state index contributed by atoms with van der Waals surface area (Å²) in [4.78, 5) is 21.7. The second kappa shape index (κ2) is 2.72. The molecule has 0 saturated carbocycles. The smallest absolute Gasteiger partial charge is 0.340 e. The maximum absolute atomic E-state index is 10.9. The van der Waals surface area contributed by atoms with Crippen LogP contribution < -0.4 is 0 Å². The molecule has 6 nitrogen and oxygen atoms in total. The van der Waals surface area contributed by atoms with E-state index in [-0.39, 0.29) is 13.6 Å². The van der Waals surface area contributed by atoms with Crippen molar-refractivity contribution >= 4 is 11.9 Å². The lowest BCUT2D eigenvalue weighted by Crippen LogP contribution is -2.36. The van der Waals surface area contributed by atoms with Crippen LogP contribution >= 0.6 is 0 Å². The van der Waals surface area contributed by atoms with Gasteiger partial charge in [-0.05, 0) is 0 Å². The van der Waals surface area contributed by atoms with Gasteiger partial charge in [-0.25, -0.2) is 9.59 Å². The molecule has 2 rings (SSSR count). The average Bonchev–Trinajstić information content (AvgIpc) is 2.59. The van der Waals surface area contributed by atoms with Crippen molar-refractivity contribution in [3.63, 3.8) is 0 Å². The largest absolute Gasteiger partial charge is 0.436 e. The Balaban J connectivity index is 2.08. The zero-order valence-electron chi connectivity index (χ0n) is 6.02. The Morgan fingerprint density at radius 2 is 1.33 bits per heavy atom. The van der Waals surface area contributed by atoms with Crippen LogP contribution in [0.25, 0.3) is 0 Å². The van der Waals surface area contributed by atoms with Crippen LogP contribution in [-0.2, 0) is 28.5 Å². The summed E-state index contributed by atoms with van der Waals surface area (Å²) in [5, 5.41) is 0. The van der Waals surface area contributed by atoms with E-state index in [1.807, 2.05) is 0 Å². The number of esters is 2. The molecular weight excluding hydrogens is 168 g/mol. The number of carbonyl (C=O) groups is 2. The quantitative estimate of drug-likeness (QED) is 0.464. The SMILES string of the molecule is O=C1OCO[C@H]1[C@@H]1OCOC1=O. The van der Waals surface area contributed by atoms with Crippen molar-refractivity contribution in [3.05, 3.63) is 0 Å². The van der Waals surface area contributed by atoms with E-state index >= 15 is 0 Å². The predicted molar refractivity (Wildman–Crippen MR) is 31.7 cm³/mol. The molecule has 0 bridgehead atoms. The van der Waals surface area contributed by atoms with Gasteiger partial charge in [0.15, 0.2) is 25.8 Å². The molecule has 2 aliphatic heterocycles. The second-order valence-corrected chi connectivity index (χ2v) is 2.34. The Hall–Kier alpha value is -1.14. The van der Waals surface area contributed by atoms with Crippen LogP contribution in [0.5, 0.6) is 0 Å². The minimum atomic E-state index is -0.958. The van der Waals surface area contributed by atoms with E-state index in [4.69, 9.17) is 9.47 Å². The number of rotatable bonds is 1. The standard InChI is InChI=1S/C6H6O6/c7-5-3(9-1-11-5)4-6(8)12-2-10-4/h3-4H,1-2H2/t3-,4-/m0/s1. The van der Waals surface area contributed by atoms with Crippen molar-refractivity contribution in [2.24, 2.45) is 0 Å². The van der Waals surface area contributed by atoms with Crippen LogP contribution in [0.4, 0.5) is 0 Å². The first-order valence-electron chi connectivity index (χ1n) is 3.35. The van der Waals surface area contributed by atoms with Crippen LogP contribution in [0.3, 0.4) is 0 Å². The van der Waals surface area contributed by atoms with E-state index in [1.165, 1.54) is 0 Å². The summed E-state index contributed by atoms with van der Waals surface area (Å²) >= 11 is 0. The van der Waals surface area contributed by atoms with Crippen LogP contribution in [0.1, 0.15) is 0 Å². The molecule has 0 N–H and O–H groups in total. The normalized spacial score (nSPS) is 35.0. The fraction of sp³-hybridized carbons (Fsp3) is 0.667. The van der Waals surface area contributed by atoms with Crippen LogP contribution in [0, 0.1) is 0 Å². The molecule has 2 aliphatic rings. The van der Waals surface area contributed by atoms with Crippen molar-refractivity contribution in [2.75, 3.05) is 13.6 Å². The third-order valence-corrected chi connectivity index (χ3v) is 1.64. The molecule has 0 spiro atoms. The first kappa shape index (κ1) is 7.51. The fourth-order valence-corrected chi connectivity index (χ4v) is 1.05. The van der Waals surface area contributed by atoms with Gasteiger partial charge in [0.2, 0.25) is 0 Å². The highest BCUT2D eigenvalue weighted by atomic mass is 16.8. The van der Waals surface area contributed by atoms with Gasteiger partial charge in [-0.15, -0.1) is 0 Å². The van der Waals surface area contributed by atoms with E-state index in [9.17, 15) is 9.59 Å². The summed E-state index contributed by atoms with van der Waals surface area (Å²) in [7, 11) is 0. The van der Waals surface area contributed by atoms with Crippen LogP contribution in [-0.4, -0.2) is 37.7 Å². The third-order valence-electron chi connectivity index (χ3n) is 1.64. The van der Waals surface area contributed by atoms with E-state index in [2.05, 4.69) is 9.47 Å². The summed E-state index contributed by atoms with van der Waals surface area (Å²) in [6.07, 6.45) is -1.92. The molecule has 0 aromatic heterocycles. The van der Waals surface area contributed by atoms with Crippen molar-refractivity contribution in [3.8, 4) is 0 Å². The van der Waals surface area contributed by atoms with Crippen LogP contribution in [0.2, 0.25) is 0 Å². The topological polar surface area (TPSA) is 71.1 Å². The van der Waals surface area contributed by atoms with Gasteiger partial charge in [-0.1, -0.05) is 0 Å². The van der Waals surface area contributed by atoms with Gasteiger partial charge >= 0.3 is 11.9 Å². The predicted octanol–water partition coefficient (Wildman–Crippen LogP) is -1.21. The number of carbonyl (C=O) groups excluding carboxylic acids is 2. The summed E-state index contributed by atoms with van der Waals surface area (Å²) in [6, 6.07) is 0. The Bertz CT molecular complexity index is 200. The van der Waals surface area contributed by atoms with E-state index in [1.54, 1.807) is 0 Å². The third kappa shape index (κ3) is 1.05. The Labute approximate surface area is 67.3 Å². The Kier molecular flexibility index (Phi) is 1.70. The Morgan fingerprint density at radius 1 is 0.917 bits per heavy atom. The molecule has 12 heavy (non-hydrogen) atoms. The van der Waals surface area contributed by atoms with Crippen LogP contribution in [0.15, 0.2) is 0 Å². The maximum Gasteiger partial charge on any atom is 0.340 e. The zero-order valence-corrected chi connectivity index (χ0v) is 6.02. The summed E-state index contributed by atoms with van der Waals surface area (Å²) in [5.41, 5.74) is 0. The van der Waals surface area contributed by atoms with Crippen molar-refractivity contribution < 1.29 is 28.5 Å². The molecule has 0 aromatic rings. The zero-order chi connectivity index (χ0) is 8.55. The Morgan fingerprint density at radius 3 is 1.58 bits per heavy atom. The van der Waals surface area contributed by atoms with E-state index < -0.39 is 24.1 Å². The van der Waals surface area contributed by atoms with Crippen molar-refractivity contribution in [2.45, 2.75) is 12.2 Å². The molecule has 0 unspecified atom stereocenters. The van der Waals surface area contributed by atoms with Crippen molar-refractivity contribution in [1.29, 1.82) is 0 Å².